The van der Waals surface area contributed by atoms with E-state index in [1.54, 1.807) is 0 Å². The van der Waals surface area contributed by atoms with Crippen molar-refractivity contribution in [2.24, 2.45) is 0 Å². The molecule has 0 saturated carbocycles. The molecular weight excluding hydrogens is 248 g/mol. The first-order valence-electron chi connectivity index (χ1n) is 7.78. The van der Waals surface area contributed by atoms with Gasteiger partial charge in [0.2, 0.25) is 0 Å². The minimum absolute atomic E-state index is 0.228. The predicted octanol–water partition coefficient (Wildman–Crippen LogP) is 3.22. The average molecular weight is 276 g/mol. The fourth-order valence-electron chi connectivity index (χ4n) is 2.91. The maximum atomic E-state index is 5.70. The van der Waals surface area contributed by atoms with E-state index in [4.69, 9.17) is 4.74 Å². The number of nitrogens with one attached hydrogen (secondary N) is 1. The molecule has 1 saturated heterocycles. The molecule has 1 heterocycles. The van der Waals surface area contributed by atoms with Crippen LogP contribution >= 0.6 is 0 Å². The summed E-state index contributed by atoms with van der Waals surface area (Å²) in [5.41, 5.74) is 1.34. The molecule has 1 fully saturated rings. The van der Waals surface area contributed by atoms with Gasteiger partial charge in [-0.15, -0.1) is 0 Å². The number of rotatable bonds is 6. The molecule has 0 amide bonds. The summed E-state index contributed by atoms with van der Waals surface area (Å²) in [4.78, 5) is 2.58. The van der Waals surface area contributed by atoms with E-state index >= 15 is 0 Å². The molecule has 1 aromatic carbocycles. The first-order valence-corrected chi connectivity index (χ1v) is 7.78. The minimum atomic E-state index is 0.228. The molecule has 0 bridgehead atoms. The number of ether oxygens (including phenoxy) is 1. The van der Waals surface area contributed by atoms with Gasteiger partial charge in [0.1, 0.15) is 5.75 Å². The van der Waals surface area contributed by atoms with Gasteiger partial charge in [0.15, 0.2) is 0 Å². The smallest absolute Gasteiger partial charge is 0.119 e. The highest BCUT2D eigenvalue weighted by atomic mass is 16.5. The monoisotopic (exact) mass is 276 g/mol. The molecule has 2 unspecified atom stereocenters. The van der Waals surface area contributed by atoms with Gasteiger partial charge in [-0.3, -0.25) is 4.90 Å². The molecule has 0 spiro atoms. The van der Waals surface area contributed by atoms with Crippen molar-refractivity contribution >= 4 is 0 Å². The van der Waals surface area contributed by atoms with Crippen LogP contribution in [0.3, 0.4) is 0 Å². The third-order valence-corrected chi connectivity index (χ3v) is 4.11. The van der Waals surface area contributed by atoms with Crippen LogP contribution in [0.25, 0.3) is 0 Å². The minimum Gasteiger partial charge on any atom is -0.491 e. The van der Waals surface area contributed by atoms with Gasteiger partial charge < -0.3 is 10.1 Å². The molecule has 112 valence electrons. The van der Waals surface area contributed by atoms with E-state index in [0.717, 1.165) is 18.3 Å². The summed E-state index contributed by atoms with van der Waals surface area (Å²) < 4.78 is 5.70. The van der Waals surface area contributed by atoms with E-state index in [1.807, 2.05) is 7.05 Å². The van der Waals surface area contributed by atoms with Crippen molar-refractivity contribution in [1.29, 1.82) is 0 Å². The first-order chi connectivity index (χ1) is 9.60. The van der Waals surface area contributed by atoms with Crippen LogP contribution in [-0.2, 0) is 0 Å². The Morgan fingerprint density at radius 1 is 1.30 bits per heavy atom. The lowest BCUT2D eigenvalue weighted by Gasteiger charge is -2.27. The standard InChI is InChI=1S/C17H28N2O/c1-13(2)20-16-9-7-15(8-10-16)17(18-4)12-19-11-5-6-14(19)3/h7-10,13-14,17-18H,5-6,11-12H2,1-4H3. The molecule has 3 heteroatoms. The van der Waals surface area contributed by atoms with Gasteiger partial charge >= 0.3 is 0 Å². The maximum Gasteiger partial charge on any atom is 0.119 e. The summed E-state index contributed by atoms with van der Waals surface area (Å²) >= 11 is 0. The Bertz CT molecular complexity index is 402. The Labute approximate surface area is 123 Å². The highest BCUT2D eigenvalue weighted by Crippen LogP contribution is 2.23. The Morgan fingerprint density at radius 3 is 2.50 bits per heavy atom. The van der Waals surface area contributed by atoms with Crippen LogP contribution in [0.4, 0.5) is 0 Å². The number of hydrogen-bond donors (Lipinski definition) is 1. The zero-order chi connectivity index (χ0) is 14.5. The third-order valence-electron chi connectivity index (χ3n) is 4.11. The fourth-order valence-corrected chi connectivity index (χ4v) is 2.91. The number of likely N-dealkylation sites (tertiary alicyclic amines) is 1. The van der Waals surface area contributed by atoms with Crippen molar-refractivity contribution in [2.45, 2.75) is 51.8 Å². The predicted molar refractivity (Wildman–Crippen MR) is 84.3 cm³/mol. The van der Waals surface area contributed by atoms with Crippen molar-refractivity contribution in [3.05, 3.63) is 29.8 Å². The van der Waals surface area contributed by atoms with E-state index in [1.165, 1.54) is 24.9 Å². The summed E-state index contributed by atoms with van der Waals surface area (Å²) in [6, 6.07) is 9.62. The van der Waals surface area contributed by atoms with Crippen LogP contribution in [0.5, 0.6) is 5.75 Å². The van der Waals surface area contributed by atoms with Crippen LogP contribution in [-0.4, -0.2) is 37.2 Å². The van der Waals surface area contributed by atoms with Gasteiger partial charge in [0.05, 0.1) is 6.10 Å². The second-order valence-corrected chi connectivity index (χ2v) is 6.06. The van der Waals surface area contributed by atoms with Gasteiger partial charge in [-0.2, -0.15) is 0 Å². The molecule has 0 aromatic heterocycles. The van der Waals surface area contributed by atoms with E-state index in [0.29, 0.717) is 6.04 Å². The van der Waals surface area contributed by atoms with Gasteiger partial charge in [-0.25, -0.2) is 0 Å². The molecule has 1 aliphatic rings. The number of hydrogen-bond acceptors (Lipinski definition) is 3. The summed E-state index contributed by atoms with van der Waals surface area (Å²) in [7, 11) is 2.05. The van der Waals surface area contributed by atoms with Gasteiger partial charge in [0.25, 0.3) is 0 Å². The zero-order valence-corrected chi connectivity index (χ0v) is 13.2. The summed E-state index contributed by atoms with van der Waals surface area (Å²) in [5, 5.41) is 3.44. The van der Waals surface area contributed by atoms with E-state index in [-0.39, 0.29) is 6.10 Å². The SMILES string of the molecule is CNC(CN1CCCC1C)c1ccc(OC(C)C)cc1. The molecular formula is C17H28N2O. The third kappa shape index (κ3) is 3.97. The number of nitrogens with zero attached hydrogens (tertiary/aromatic N) is 1. The highest BCUT2D eigenvalue weighted by Gasteiger charge is 2.23. The number of likely N-dealkylation sites (N-methyl/N-ethyl adjacent to an activating group) is 1. The quantitative estimate of drug-likeness (QED) is 0.863. The zero-order valence-electron chi connectivity index (χ0n) is 13.2. The lowest BCUT2D eigenvalue weighted by atomic mass is 10.1. The fraction of sp³-hybridized carbons (Fsp3) is 0.647. The van der Waals surface area contributed by atoms with Crippen LogP contribution in [0.15, 0.2) is 24.3 Å². The van der Waals surface area contributed by atoms with Crippen molar-refractivity contribution in [1.82, 2.24) is 10.2 Å². The van der Waals surface area contributed by atoms with E-state index in [2.05, 4.69) is 55.3 Å². The Morgan fingerprint density at radius 2 is 2.00 bits per heavy atom. The van der Waals surface area contributed by atoms with Crippen molar-refractivity contribution in [3.8, 4) is 5.75 Å². The molecule has 3 nitrogen and oxygen atoms in total. The second-order valence-electron chi connectivity index (χ2n) is 6.06. The lowest BCUT2D eigenvalue weighted by molar-refractivity contribution is 0.239. The van der Waals surface area contributed by atoms with Crippen LogP contribution in [0, 0.1) is 0 Å². The highest BCUT2D eigenvalue weighted by molar-refractivity contribution is 5.29. The Hall–Kier alpha value is -1.06. The second kappa shape index (κ2) is 7.09. The molecule has 1 N–H and O–H groups in total. The summed E-state index contributed by atoms with van der Waals surface area (Å²) in [5.74, 6) is 0.952. The van der Waals surface area contributed by atoms with Crippen molar-refractivity contribution in [2.75, 3.05) is 20.1 Å². The van der Waals surface area contributed by atoms with Crippen LogP contribution in [0.2, 0.25) is 0 Å². The number of benzene rings is 1. The van der Waals surface area contributed by atoms with E-state index in [9.17, 15) is 0 Å². The lowest BCUT2D eigenvalue weighted by Crippen LogP contribution is -2.35. The summed E-state index contributed by atoms with van der Waals surface area (Å²) in [6.07, 6.45) is 2.89. The normalized spacial score (nSPS) is 21.4. The van der Waals surface area contributed by atoms with Crippen LogP contribution in [0.1, 0.15) is 45.2 Å². The first kappa shape index (κ1) is 15.3. The molecule has 2 atom stereocenters. The van der Waals surface area contributed by atoms with Gasteiger partial charge in [-0.1, -0.05) is 12.1 Å². The van der Waals surface area contributed by atoms with E-state index < -0.39 is 0 Å². The largest absolute Gasteiger partial charge is 0.491 e. The maximum absolute atomic E-state index is 5.70. The van der Waals surface area contributed by atoms with Crippen molar-refractivity contribution in [3.63, 3.8) is 0 Å². The Kier molecular flexibility index (Phi) is 5.44. The van der Waals surface area contributed by atoms with Gasteiger partial charge in [-0.05, 0) is 64.9 Å². The van der Waals surface area contributed by atoms with Crippen LogP contribution < -0.4 is 10.1 Å². The molecule has 20 heavy (non-hydrogen) atoms. The molecule has 2 rings (SSSR count). The molecule has 1 aromatic rings. The molecule has 0 radical (unpaired) electrons. The molecule has 0 aliphatic carbocycles. The summed E-state index contributed by atoms with van der Waals surface area (Å²) in [6.45, 7) is 8.76. The van der Waals surface area contributed by atoms with Gasteiger partial charge in [0, 0.05) is 18.6 Å². The molecule has 1 aliphatic heterocycles. The van der Waals surface area contributed by atoms with Crippen molar-refractivity contribution < 1.29 is 4.74 Å². The Balaban J connectivity index is 1.99. The topological polar surface area (TPSA) is 24.5 Å². The average Bonchev–Trinajstić information content (AvgIpc) is 2.82.